The second-order valence-electron chi connectivity index (χ2n) is 2.55. The largest absolute Gasteiger partial charge is 0.393 e. The summed E-state index contributed by atoms with van der Waals surface area (Å²) in [5, 5.41) is 11.9. The zero-order valence-corrected chi connectivity index (χ0v) is 5.22. The first kappa shape index (κ1) is 6.05. The van der Waals surface area contributed by atoms with Crippen LogP contribution in [0.3, 0.4) is 0 Å². The van der Waals surface area contributed by atoms with Gasteiger partial charge in [-0.05, 0) is 32.4 Å². The lowest BCUT2D eigenvalue weighted by atomic mass is 9.82. The van der Waals surface area contributed by atoms with Gasteiger partial charge >= 0.3 is 0 Å². The highest BCUT2D eigenvalue weighted by Gasteiger charge is 2.25. The summed E-state index contributed by atoms with van der Waals surface area (Å²) in [4.78, 5) is 0. The van der Waals surface area contributed by atoms with Crippen LogP contribution in [0.15, 0.2) is 0 Å². The Hall–Kier alpha value is -0.0800. The summed E-state index contributed by atoms with van der Waals surface area (Å²) in [5.74, 6) is 0.745. The van der Waals surface area contributed by atoms with Crippen LogP contribution in [0, 0.1) is 5.92 Å². The SMILES string of the molecule is CNCC1CC(O)C1. The third-order valence-corrected chi connectivity index (χ3v) is 1.70. The van der Waals surface area contributed by atoms with E-state index in [1.54, 1.807) is 0 Å². The van der Waals surface area contributed by atoms with E-state index >= 15 is 0 Å². The number of hydrogen-bond acceptors (Lipinski definition) is 2. The van der Waals surface area contributed by atoms with Crippen LogP contribution < -0.4 is 5.32 Å². The smallest absolute Gasteiger partial charge is 0.0546 e. The van der Waals surface area contributed by atoms with Crippen molar-refractivity contribution in [2.24, 2.45) is 5.92 Å². The predicted molar refractivity (Wildman–Crippen MR) is 32.7 cm³/mol. The van der Waals surface area contributed by atoms with E-state index in [4.69, 9.17) is 5.11 Å². The molecule has 2 nitrogen and oxygen atoms in total. The Morgan fingerprint density at radius 2 is 2.25 bits per heavy atom. The number of rotatable bonds is 2. The molecule has 1 saturated carbocycles. The summed E-state index contributed by atoms with van der Waals surface area (Å²) in [5.41, 5.74) is 0. The third kappa shape index (κ3) is 1.20. The molecule has 0 aliphatic heterocycles. The Kier molecular flexibility index (Phi) is 1.86. The van der Waals surface area contributed by atoms with Gasteiger partial charge in [0.05, 0.1) is 6.10 Å². The van der Waals surface area contributed by atoms with Crippen molar-refractivity contribution in [3.63, 3.8) is 0 Å². The topological polar surface area (TPSA) is 32.3 Å². The minimum atomic E-state index is 0.00773. The molecule has 0 aromatic carbocycles. The number of hydrogen-bond donors (Lipinski definition) is 2. The quantitative estimate of drug-likeness (QED) is 0.530. The van der Waals surface area contributed by atoms with Crippen molar-refractivity contribution in [3.05, 3.63) is 0 Å². The predicted octanol–water partition coefficient (Wildman–Crippen LogP) is -0.0233. The van der Waals surface area contributed by atoms with Crippen molar-refractivity contribution in [2.75, 3.05) is 13.6 Å². The number of nitrogens with one attached hydrogen (secondary N) is 1. The van der Waals surface area contributed by atoms with Gasteiger partial charge < -0.3 is 10.4 Å². The molecule has 48 valence electrons. The van der Waals surface area contributed by atoms with E-state index in [1.165, 1.54) is 0 Å². The van der Waals surface area contributed by atoms with Crippen molar-refractivity contribution in [2.45, 2.75) is 18.9 Å². The van der Waals surface area contributed by atoms with Crippen LogP contribution in [0.1, 0.15) is 12.8 Å². The lowest BCUT2D eigenvalue weighted by Gasteiger charge is -2.30. The molecule has 0 spiro atoms. The number of aliphatic hydroxyl groups excluding tert-OH is 1. The second-order valence-corrected chi connectivity index (χ2v) is 2.55. The summed E-state index contributed by atoms with van der Waals surface area (Å²) in [6.45, 7) is 1.07. The maximum atomic E-state index is 8.82. The zero-order chi connectivity index (χ0) is 5.98. The average Bonchev–Trinajstić information content (AvgIpc) is 1.64. The Morgan fingerprint density at radius 3 is 2.62 bits per heavy atom. The van der Waals surface area contributed by atoms with Gasteiger partial charge in [-0.3, -0.25) is 0 Å². The van der Waals surface area contributed by atoms with Gasteiger partial charge in [0, 0.05) is 0 Å². The molecule has 0 amide bonds. The highest BCUT2D eigenvalue weighted by molar-refractivity contribution is 4.79. The fourth-order valence-corrected chi connectivity index (χ4v) is 1.16. The van der Waals surface area contributed by atoms with Crippen LogP contribution >= 0.6 is 0 Å². The molecule has 2 N–H and O–H groups in total. The van der Waals surface area contributed by atoms with Crippen LogP contribution in [0.2, 0.25) is 0 Å². The molecular weight excluding hydrogens is 102 g/mol. The maximum Gasteiger partial charge on any atom is 0.0546 e. The summed E-state index contributed by atoms with van der Waals surface area (Å²) >= 11 is 0. The summed E-state index contributed by atoms with van der Waals surface area (Å²) in [7, 11) is 1.95. The van der Waals surface area contributed by atoms with Crippen LogP contribution in [0.25, 0.3) is 0 Å². The molecule has 0 bridgehead atoms. The average molecular weight is 115 g/mol. The first-order valence-electron chi connectivity index (χ1n) is 3.15. The van der Waals surface area contributed by atoms with Crippen molar-refractivity contribution in [3.8, 4) is 0 Å². The van der Waals surface area contributed by atoms with Crippen molar-refractivity contribution >= 4 is 0 Å². The van der Waals surface area contributed by atoms with Crippen molar-refractivity contribution in [1.29, 1.82) is 0 Å². The molecule has 0 atom stereocenters. The highest BCUT2D eigenvalue weighted by atomic mass is 16.3. The van der Waals surface area contributed by atoms with Gasteiger partial charge in [0.15, 0.2) is 0 Å². The molecule has 1 rings (SSSR count). The van der Waals surface area contributed by atoms with Gasteiger partial charge in [-0.2, -0.15) is 0 Å². The Balaban J connectivity index is 1.98. The van der Waals surface area contributed by atoms with Crippen molar-refractivity contribution in [1.82, 2.24) is 5.32 Å². The maximum absolute atomic E-state index is 8.82. The minimum absolute atomic E-state index is 0.00773. The van der Waals surface area contributed by atoms with Gasteiger partial charge in [-0.25, -0.2) is 0 Å². The third-order valence-electron chi connectivity index (χ3n) is 1.70. The molecule has 0 heterocycles. The van der Waals surface area contributed by atoms with Gasteiger partial charge in [-0.1, -0.05) is 0 Å². The first-order valence-corrected chi connectivity index (χ1v) is 3.15. The fourth-order valence-electron chi connectivity index (χ4n) is 1.16. The first-order chi connectivity index (χ1) is 3.83. The molecule has 0 radical (unpaired) electrons. The molecule has 0 aromatic rings. The Morgan fingerprint density at radius 1 is 1.62 bits per heavy atom. The van der Waals surface area contributed by atoms with Gasteiger partial charge in [-0.15, -0.1) is 0 Å². The van der Waals surface area contributed by atoms with E-state index in [0.29, 0.717) is 0 Å². The van der Waals surface area contributed by atoms with Gasteiger partial charge in [0.2, 0.25) is 0 Å². The molecule has 1 fully saturated rings. The van der Waals surface area contributed by atoms with E-state index in [1.807, 2.05) is 7.05 Å². The van der Waals surface area contributed by atoms with E-state index in [9.17, 15) is 0 Å². The molecule has 1 aliphatic carbocycles. The molecule has 0 unspecified atom stereocenters. The normalized spacial score (nSPS) is 36.8. The lowest BCUT2D eigenvalue weighted by molar-refractivity contribution is 0.0439. The van der Waals surface area contributed by atoms with Crippen LogP contribution in [0.4, 0.5) is 0 Å². The van der Waals surface area contributed by atoms with Gasteiger partial charge in [0.25, 0.3) is 0 Å². The van der Waals surface area contributed by atoms with Crippen molar-refractivity contribution < 1.29 is 5.11 Å². The summed E-state index contributed by atoms with van der Waals surface area (Å²) < 4.78 is 0. The van der Waals surface area contributed by atoms with E-state index in [2.05, 4.69) is 5.32 Å². The fraction of sp³-hybridized carbons (Fsp3) is 1.00. The Bertz CT molecular complexity index is 66.2. The van der Waals surface area contributed by atoms with Crippen LogP contribution in [0.5, 0.6) is 0 Å². The summed E-state index contributed by atoms with van der Waals surface area (Å²) in [6.07, 6.45) is 2.01. The molecular formula is C6H13NO. The molecule has 0 aromatic heterocycles. The molecule has 0 saturated heterocycles. The summed E-state index contributed by atoms with van der Waals surface area (Å²) in [6, 6.07) is 0. The van der Waals surface area contributed by atoms with E-state index in [0.717, 1.165) is 25.3 Å². The highest BCUT2D eigenvalue weighted by Crippen LogP contribution is 2.25. The monoisotopic (exact) mass is 115 g/mol. The van der Waals surface area contributed by atoms with E-state index in [-0.39, 0.29) is 6.10 Å². The van der Waals surface area contributed by atoms with Crippen LogP contribution in [-0.2, 0) is 0 Å². The van der Waals surface area contributed by atoms with Crippen LogP contribution in [-0.4, -0.2) is 24.8 Å². The standard InChI is InChI=1S/C6H13NO/c1-7-4-5-2-6(8)3-5/h5-8H,2-4H2,1H3. The second kappa shape index (κ2) is 2.46. The zero-order valence-electron chi connectivity index (χ0n) is 5.22. The van der Waals surface area contributed by atoms with E-state index < -0.39 is 0 Å². The minimum Gasteiger partial charge on any atom is -0.393 e. The lowest BCUT2D eigenvalue weighted by Crippen LogP contribution is -2.34. The molecule has 1 aliphatic rings. The molecule has 2 heteroatoms. The van der Waals surface area contributed by atoms with Gasteiger partial charge in [0.1, 0.15) is 0 Å². The number of aliphatic hydroxyl groups is 1. The Labute approximate surface area is 49.9 Å². The molecule has 8 heavy (non-hydrogen) atoms.